The van der Waals surface area contributed by atoms with E-state index in [0.29, 0.717) is 30.8 Å². The molecule has 0 bridgehead atoms. The quantitative estimate of drug-likeness (QED) is 0.921. The molecule has 3 rings (SSSR count). The minimum atomic E-state index is -0.288. The summed E-state index contributed by atoms with van der Waals surface area (Å²) < 4.78 is 13.0. The minimum absolute atomic E-state index is 0.0216. The van der Waals surface area contributed by atoms with Crippen LogP contribution in [0.5, 0.6) is 0 Å². The Bertz CT molecular complexity index is 672. The summed E-state index contributed by atoms with van der Waals surface area (Å²) >= 11 is 1.44. The van der Waals surface area contributed by atoms with E-state index in [1.807, 2.05) is 13.0 Å². The topological polar surface area (TPSA) is 40.5 Å². The zero-order valence-corrected chi connectivity index (χ0v) is 13.2. The molecule has 0 unspecified atom stereocenters. The van der Waals surface area contributed by atoms with Gasteiger partial charge < -0.3 is 10.0 Å². The molecule has 1 aliphatic heterocycles. The summed E-state index contributed by atoms with van der Waals surface area (Å²) in [5, 5.41) is 9.53. The molecule has 0 atom stereocenters. The van der Waals surface area contributed by atoms with Crippen LogP contribution >= 0.6 is 11.3 Å². The van der Waals surface area contributed by atoms with Crippen LogP contribution in [0.15, 0.2) is 30.3 Å². The molecule has 1 saturated heterocycles. The van der Waals surface area contributed by atoms with Crippen LogP contribution in [0.2, 0.25) is 0 Å². The summed E-state index contributed by atoms with van der Waals surface area (Å²) in [7, 11) is 0. The highest BCUT2D eigenvalue weighted by Gasteiger charge is 2.24. The van der Waals surface area contributed by atoms with Crippen molar-refractivity contribution in [2.75, 3.05) is 13.1 Å². The first-order valence-electron chi connectivity index (χ1n) is 7.38. The lowest BCUT2D eigenvalue weighted by atomic mass is 10.1. The van der Waals surface area contributed by atoms with Gasteiger partial charge in [0.05, 0.1) is 11.0 Å². The molecular formula is C17H18FNO2S. The van der Waals surface area contributed by atoms with E-state index in [2.05, 4.69) is 0 Å². The Kier molecular flexibility index (Phi) is 4.27. The molecule has 2 heterocycles. The van der Waals surface area contributed by atoms with Crippen molar-refractivity contribution in [1.82, 2.24) is 4.90 Å². The standard InChI is InChI=1S/C17H18FNO2S/c1-11-10-15(17(21)19-8-6-14(20)7-9-19)22-16(11)12-2-4-13(18)5-3-12/h2-5,10,14,20H,6-9H2,1H3. The first-order valence-corrected chi connectivity index (χ1v) is 8.20. The van der Waals surface area contributed by atoms with Crippen molar-refractivity contribution in [3.8, 4) is 10.4 Å². The molecule has 3 nitrogen and oxygen atoms in total. The van der Waals surface area contributed by atoms with E-state index in [-0.39, 0.29) is 17.8 Å². The van der Waals surface area contributed by atoms with Gasteiger partial charge in [0.15, 0.2) is 0 Å². The number of aryl methyl sites for hydroxylation is 1. The molecule has 116 valence electrons. The summed E-state index contributed by atoms with van der Waals surface area (Å²) in [5.74, 6) is -0.241. The number of hydrogen-bond donors (Lipinski definition) is 1. The first-order chi connectivity index (χ1) is 10.5. The number of amides is 1. The molecule has 1 N–H and O–H groups in total. The Balaban J connectivity index is 1.82. The van der Waals surface area contributed by atoms with Gasteiger partial charge in [0.1, 0.15) is 5.82 Å². The molecule has 1 fully saturated rings. The largest absolute Gasteiger partial charge is 0.393 e. The molecule has 0 aliphatic carbocycles. The average molecular weight is 319 g/mol. The van der Waals surface area contributed by atoms with E-state index in [9.17, 15) is 14.3 Å². The van der Waals surface area contributed by atoms with Crippen LogP contribution in [0.1, 0.15) is 28.1 Å². The van der Waals surface area contributed by atoms with E-state index < -0.39 is 0 Å². The highest BCUT2D eigenvalue weighted by molar-refractivity contribution is 7.17. The maximum Gasteiger partial charge on any atom is 0.263 e. The van der Waals surface area contributed by atoms with Crippen molar-refractivity contribution < 1.29 is 14.3 Å². The molecule has 2 aromatic rings. The molecule has 1 aromatic carbocycles. The lowest BCUT2D eigenvalue weighted by molar-refractivity contribution is 0.0550. The second-order valence-electron chi connectivity index (χ2n) is 5.65. The van der Waals surface area contributed by atoms with Gasteiger partial charge in [-0.25, -0.2) is 4.39 Å². The predicted octanol–water partition coefficient (Wildman–Crippen LogP) is 3.46. The van der Waals surface area contributed by atoms with E-state index >= 15 is 0 Å². The van der Waals surface area contributed by atoms with Gasteiger partial charge in [-0.05, 0) is 49.1 Å². The predicted molar refractivity (Wildman–Crippen MR) is 85.6 cm³/mol. The fourth-order valence-electron chi connectivity index (χ4n) is 2.70. The average Bonchev–Trinajstić information content (AvgIpc) is 2.90. The van der Waals surface area contributed by atoms with Gasteiger partial charge in [0, 0.05) is 18.0 Å². The first kappa shape index (κ1) is 15.2. The summed E-state index contributed by atoms with van der Waals surface area (Å²) in [4.78, 5) is 16.1. The second-order valence-corrected chi connectivity index (χ2v) is 6.71. The summed E-state index contributed by atoms with van der Waals surface area (Å²) in [6, 6.07) is 8.24. The summed E-state index contributed by atoms with van der Waals surface area (Å²) in [5.41, 5.74) is 1.95. The van der Waals surface area contributed by atoms with Crippen molar-refractivity contribution in [2.45, 2.75) is 25.9 Å². The van der Waals surface area contributed by atoms with E-state index in [0.717, 1.165) is 16.0 Å². The maximum absolute atomic E-state index is 13.0. The van der Waals surface area contributed by atoms with Crippen LogP contribution in [-0.2, 0) is 0 Å². The van der Waals surface area contributed by atoms with Gasteiger partial charge in [0.2, 0.25) is 0 Å². The van der Waals surface area contributed by atoms with Gasteiger partial charge in [-0.3, -0.25) is 4.79 Å². The zero-order chi connectivity index (χ0) is 15.7. The van der Waals surface area contributed by atoms with Gasteiger partial charge in [-0.2, -0.15) is 0 Å². The van der Waals surface area contributed by atoms with Crippen LogP contribution in [0.3, 0.4) is 0 Å². The number of aliphatic hydroxyl groups excluding tert-OH is 1. The molecule has 22 heavy (non-hydrogen) atoms. The van der Waals surface area contributed by atoms with Crippen LogP contribution in [0, 0.1) is 12.7 Å². The Morgan fingerprint density at radius 3 is 2.55 bits per heavy atom. The normalized spacial score (nSPS) is 16.0. The van der Waals surface area contributed by atoms with Crippen LogP contribution in [0.25, 0.3) is 10.4 Å². The molecule has 1 aliphatic rings. The molecule has 0 saturated carbocycles. The lowest BCUT2D eigenvalue weighted by Crippen LogP contribution is -2.39. The van der Waals surface area contributed by atoms with Gasteiger partial charge >= 0.3 is 0 Å². The maximum atomic E-state index is 13.0. The van der Waals surface area contributed by atoms with Crippen LogP contribution < -0.4 is 0 Å². The third-order valence-corrected chi connectivity index (χ3v) is 5.26. The number of nitrogens with zero attached hydrogens (tertiary/aromatic N) is 1. The monoisotopic (exact) mass is 319 g/mol. The molecule has 1 amide bonds. The summed E-state index contributed by atoms with van der Waals surface area (Å²) in [6.07, 6.45) is 0.992. The number of carbonyl (C=O) groups is 1. The number of carbonyl (C=O) groups excluding carboxylic acids is 1. The van der Waals surface area contributed by atoms with Crippen molar-refractivity contribution in [1.29, 1.82) is 0 Å². The van der Waals surface area contributed by atoms with Crippen molar-refractivity contribution >= 4 is 17.2 Å². The Morgan fingerprint density at radius 2 is 1.91 bits per heavy atom. The molecule has 5 heteroatoms. The summed E-state index contributed by atoms with van der Waals surface area (Å²) in [6.45, 7) is 3.16. The highest BCUT2D eigenvalue weighted by Crippen LogP contribution is 2.33. The van der Waals surface area contributed by atoms with Crippen molar-refractivity contribution in [3.05, 3.63) is 46.6 Å². The van der Waals surface area contributed by atoms with Crippen molar-refractivity contribution in [2.24, 2.45) is 0 Å². The Labute approximate surface area is 133 Å². The van der Waals surface area contributed by atoms with Crippen LogP contribution in [0.4, 0.5) is 4.39 Å². The Hall–Kier alpha value is -1.72. The number of halogens is 1. The smallest absolute Gasteiger partial charge is 0.263 e. The highest BCUT2D eigenvalue weighted by atomic mass is 32.1. The number of aliphatic hydroxyl groups is 1. The van der Waals surface area contributed by atoms with Gasteiger partial charge in [0.25, 0.3) is 5.91 Å². The van der Waals surface area contributed by atoms with E-state index in [1.165, 1.54) is 23.5 Å². The minimum Gasteiger partial charge on any atom is -0.393 e. The molecule has 1 aromatic heterocycles. The van der Waals surface area contributed by atoms with Gasteiger partial charge in [-0.15, -0.1) is 11.3 Å². The molecule has 0 radical (unpaired) electrons. The number of hydrogen-bond acceptors (Lipinski definition) is 3. The third-order valence-electron chi connectivity index (χ3n) is 3.99. The van der Waals surface area contributed by atoms with Crippen molar-refractivity contribution in [3.63, 3.8) is 0 Å². The second kappa shape index (κ2) is 6.18. The number of thiophene rings is 1. The number of likely N-dealkylation sites (tertiary alicyclic amines) is 1. The lowest BCUT2D eigenvalue weighted by Gasteiger charge is -2.29. The number of benzene rings is 1. The zero-order valence-electron chi connectivity index (χ0n) is 12.4. The fraction of sp³-hybridized carbons (Fsp3) is 0.353. The number of piperidine rings is 1. The number of rotatable bonds is 2. The van der Waals surface area contributed by atoms with Gasteiger partial charge in [-0.1, -0.05) is 12.1 Å². The SMILES string of the molecule is Cc1cc(C(=O)N2CCC(O)CC2)sc1-c1ccc(F)cc1. The fourth-order valence-corrected chi connectivity index (χ4v) is 3.85. The van der Waals surface area contributed by atoms with Crippen LogP contribution in [-0.4, -0.2) is 35.1 Å². The molecule has 0 spiro atoms. The molecular weight excluding hydrogens is 301 g/mol. The Morgan fingerprint density at radius 1 is 1.27 bits per heavy atom. The van der Waals surface area contributed by atoms with E-state index in [1.54, 1.807) is 17.0 Å². The van der Waals surface area contributed by atoms with E-state index in [4.69, 9.17) is 0 Å². The third kappa shape index (κ3) is 3.05.